The monoisotopic (exact) mass is 294 g/mol. The fourth-order valence-corrected chi connectivity index (χ4v) is 2.30. The van der Waals surface area contributed by atoms with Crippen molar-refractivity contribution < 1.29 is 9.53 Å². The van der Waals surface area contributed by atoms with Crippen molar-refractivity contribution >= 4 is 17.8 Å². The van der Waals surface area contributed by atoms with E-state index in [1.807, 2.05) is 25.7 Å². The summed E-state index contributed by atoms with van der Waals surface area (Å²) in [4.78, 5) is 28.3. The van der Waals surface area contributed by atoms with Crippen molar-refractivity contribution in [3.63, 3.8) is 0 Å². The first-order chi connectivity index (χ1) is 9.86. The molecule has 1 aromatic rings. The SMILES string of the molecule is CCCOc1nc(N)nc(N2CCN(C)C(=O)C2(C)C)n1. The van der Waals surface area contributed by atoms with E-state index in [1.165, 1.54) is 0 Å². The summed E-state index contributed by atoms with van der Waals surface area (Å²) in [5.41, 5.74) is 4.99. The van der Waals surface area contributed by atoms with Crippen LogP contribution in [0.5, 0.6) is 6.01 Å². The van der Waals surface area contributed by atoms with Crippen LogP contribution in [0.15, 0.2) is 0 Å². The highest BCUT2D eigenvalue weighted by Crippen LogP contribution is 2.27. The minimum Gasteiger partial charge on any atom is -0.463 e. The number of anilines is 2. The maximum atomic E-state index is 12.3. The lowest BCUT2D eigenvalue weighted by Gasteiger charge is -2.44. The number of likely N-dealkylation sites (N-methyl/N-ethyl adjacent to an activating group) is 1. The van der Waals surface area contributed by atoms with Gasteiger partial charge in [0.2, 0.25) is 17.8 Å². The Balaban J connectivity index is 2.32. The smallest absolute Gasteiger partial charge is 0.323 e. The number of nitrogen functional groups attached to an aromatic ring is 1. The summed E-state index contributed by atoms with van der Waals surface area (Å²) in [6.45, 7) is 7.43. The second-order valence-electron chi connectivity index (χ2n) is 5.56. The van der Waals surface area contributed by atoms with Gasteiger partial charge in [-0.3, -0.25) is 4.79 Å². The molecule has 0 unspecified atom stereocenters. The van der Waals surface area contributed by atoms with E-state index in [0.29, 0.717) is 25.6 Å². The topological polar surface area (TPSA) is 97.5 Å². The first-order valence-electron chi connectivity index (χ1n) is 7.03. The number of hydrogen-bond donors (Lipinski definition) is 1. The van der Waals surface area contributed by atoms with Gasteiger partial charge in [-0.1, -0.05) is 6.92 Å². The molecule has 0 saturated carbocycles. The third-order valence-corrected chi connectivity index (χ3v) is 3.50. The van der Waals surface area contributed by atoms with E-state index in [9.17, 15) is 4.79 Å². The number of piperazine rings is 1. The molecule has 1 aliphatic heterocycles. The highest BCUT2D eigenvalue weighted by Gasteiger charge is 2.42. The molecule has 1 aliphatic rings. The molecule has 1 amide bonds. The summed E-state index contributed by atoms with van der Waals surface area (Å²) in [6, 6.07) is 0.196. The largest absolute Gasteiger partial charge is 0.463 e. The van der Waals surface area contributed by atoms with Crippen LogP contribution in [0.1, 0.15) is 27.2 Å². The Bertz CT molecular complexity index is 533. The van der Waals surface area contributed by atoms with Crippen LogP contribution in [0, 0.1) is 0 Å². The fraction of sp³-hybridized carbons (Fsp3) is 0.692. The summed E-state index contributed by atoms with van der Waals surface area (Å²) >= 11 is 0. The molecule has 0 spiro atoms. The van der Waals surface area contributed by atoms with E-state index >= 15 is 0 Å². The van der Waals surface area contributed by atoms with Gasteiger partial charge in [0.1, 0.15) is 5.54 Å². The van der Waals surface area contributed by atoms with Gasteiger partial charge in [0.25, 0.3) is 0 Å². The molecule has 1 saturated heterocycles. The van der Waals surface area contributed by atoms with Crippen molar-refractivity contribution in [1.82, 2.24) is 19.9 Å². The Labute approximate surface area is 124 Å². The molecule has 0 bridgehead atoms. The van der Waals surface area contributed by atoms with E-state index < -0.39 is 5.54 Å². The molecule has 21 heavy (non-hydrogen) atoms. The lowest BCUT2D eigenvalue weighted by molar-refractivity contribution is -0.136. The molecule has 0 aromatic carbocycles. The molecule has 2 rings (SSSR count). The van der Waals surface area contributed by atoms with E-state index in [1.54, 1.807) is 11.9 Å². The number of rotatable bonds is 4. The zero-order chi connectivity index (χ0) is 15.6. The number of carbonyl (C=O) groups excluding carboxylic acids is 1. The summed E-state index contributed by atoms with van der Waals surface area (Å²) in [5, 5.41) is 0. The number of nitrogens with zero attached hydrogens (tertiary/aromatic N) is 5. The Hall–Kier alpha value is -2.12. The normalized spacial score (nSPS) is 18.0. The molecule has 0 atom stereocenters. The molecule has 8 nitrogen and oxygen atoms in total. The average Bonchev–Trinajstić information content (AvgIpc) is 2.42. The first kappa shape index (κ1) is 15.3. The zero-order valence-electron chi connectivity index (χ0n) is 13.0. The molecule has 116 valence electrons. The van der Waals surface area contributed by atoms with Gasteiger partial charge in [-0.15, -0.1) is 0 Å². The van der Waals surface area contributed by atoms with Crippen LogP contribution in [0.25, 0.3) is 0 Å². The third kappa shape index (κ3) is 2.98. The molecule has 0 aliphatic carbocycles. The quantitative estimate of drug-likeness (QED) is 0.852. The standard InChI is InChI=1S/C13H22N6O2/c1-5-8-21-12-16-10(14)15-11(17-12)19-7-6-18(4)9(20)13(19,2)3/h5-8H2,1-4H3,(H2,14,15,16,17). The number of carbonyl (C=O) groups is 1. The molecule has 1 aromatic heterocycles. The van der Waals surface area contributed by atoms with Gasteiger partial charge in [0.15, 0.2) is 0 Å². The summed E-state index contributed by atoms with van der Waals surface area (Å²) in [5.74, 6) is 0.483. The van der Waals surface area contributed by atoms with Crippen LogP contribution in [0.3, 0.4) is 0 Å². The van der Waals surface area contributed by atoms with Crippen LogP contribution in [0.4, 0.5) is 11.9 Å². The van der Waals surface area contributed by atoms with Crippen LogP contribution >= 0.6 is 0 Å². The first-order valence-corrected chi connectivity index (χ1v) is 7.03. The van der Waals surface area contributed by atoms with Gasteiger partial charge < -0.3 is 20.3 Å². The number of aromatic nitrogens is 3. The van der Waals surface area contributed by atoms with Gasteiger partial charge >= 0.3 is 6.01 Å². The highest BCUT2D eigenvalue weighted by atomic mass is 16.5. The predicted molar refractivity (Wildman–Crippen MR) is 79.1 cm³/mol. The van der Waals surface area contributed by atoms with Gasteiger partial charge in [-0.2, -0.15) is 15.0 Å². The van der Waals surface area contributed by atoms with Crippen molar-refractivity contribution in [3.05, 3.63) is 0 Å². The number of amides is 1. The highest BCUT2D eigenvalue weighted by molar-refractivity contribution is 5.89. The van der Waals surface area contributed by atoms with Crippen LogP contribution < -0.4 is 15.4 Å². The molecule has 2 N–H and O–H groups in total. The Morgan fingerprint density at radius 2 is 2.00 bits per heavy atom. The molecular formula is C13H22N6O2. The van der Waals surface area contributed by atoms with E-state index in [0.717, 1.165) is 6.42 Å². The maximum absolute atomic E-state index is 12.3. The maximum Gasteiger partial charge on any atom is 0.323 e. The number of ether oxygens (including phenoxy) is 1. The van der Waals surface area contributed by atoms with Gasteiger partial charge in [0.05, 0.1) is 6.61 Å². The Kier molecular flexibility index (Phi) is 4.15. The summed E-state index contributed by atoms with van der Waals surface area (Å²) in [6.07, 6.45) is 0.847. The molecule has 0 radical (unpaired) electrons. The second kappa shape index (κ2) is 5.71. The van der Waals surface area contributed by atoms with Gasteiger partial charge in [0, 0.05) is 20.1 Å². The van der Waals surface area contributed by atoms with Crippen LogP contribution in [0.2, 0.25) is 0 Å². The van der Waals surface area contributed by atoms with E-state index in [4.69, 9.17) is 10.5 Å². The van der Waals surface area contributed by atoms with Crippen LogP contribution in [-0.4, -0.2) is 58.0 Å². The van der Waals surface area contributed by atoms with Crippen molar-refractivity contribution in [2.24, 2.45) is 0 Å². The fourth-order valence-electron chi connectivity index (χ4n) is 2.30. The zero-order valence-corrected chi connectivity index (χ0v) is 13.0. The molecular weight excluding hydrogens is 272 g/mol. The van der Waals surface area contributed by atoms with Crippen molar-refractivity contribution in [2.45, 2.75) is 32.7 Å². The van der Waals surface area contributed by atoms with E-state index in [2.05, 4.69) is 15.0 Å². The number of nitrogens with two attached hydrogens (primary N) is 1. The van der Waals surface area contributed by atoms with Crippen molar-refractivity contribution in [3.8, 4) is 6.01 Å². The predicted octanol–water partition coefficient (Wildman–Crippen LogP) is 0.300. The molecule has 2 heterocycles. The van der Waals surface area contributed by atoms with Crippen molar-refractivity contribution in [2.75, 3.05) is 37.4 Å². The minimum atomic E-state index is -0.733. The lowest BCUT2D eigenvalue weighted by atomic mass is 9.98. The molecule has 8 heteroatoms. The summed E-state index contributed by atoms with van der Waals surface area (Å²) in [7, 11) is 1.79. The Morgan fingerprint density at radius 3 is 2.67 bits per heavy atom. The van der Waals surface area contributed by atoms with Crippen LogP contribution in [-0.2, 0) is 4.79 Å². The summed E-state index contributed by atoms with van der Waals surface area (Å²) < 4.78 is 5.42. The number of hydrogen-bond acceptors (Lipinski definition) is 7. The van der Waals surface area contributed by atoms with Gasteiger partial charge in [-0.05, 0) is 20.3 Å². The lowest BCUT2D eigenvalue weighted by Crippen LogP contribution is -2.62. The third-order valence-electron chi connectivity index (χ3n) is 3.50. The van der Waals surface area contributed by atoms with E-state index in [-0.39, 0.29) is 17.9 Å². The average molecular weight is 294 g/mol. The van der Waals surface area contributed by atoms with Gasteiger partial charge in [-0.25, -0.2) is 0 Å². The van der Waals surface area contributed by atoms with Crippen molar-refractivity contribution in [1.29, 1.82) is 0 Å². The molecule has 1 fully saturated rings. The second-order valence-corrected chi connectivity index (χ2v) is 5.56. The minimum absolute atomic E-state index is 0.0174. The Morgan fingerprint density at radius 1 is 1.29 bits per heavy atom.